The highest BCUT2D eigenvalue weighted by Crippen LogP contribution is 2.34. The van der Waals surface area contributed by atoms with E-state index in [1.165, 1.54) is 53.4 Å². The number of hydrogen-bond acceptors (Lipinski definition) is 2. The van der Waals surface area contributed by atoms with Crippen LogP contribution in [-0.4, -0.2) is 4.98 Å². The van der Waals surface area contributed by atoms with Crippen LogP contribution in [0.2, 0.25) is 0 Å². The van der Waals surface area contributed by atoms with Gasteiger partial charge >= 0.3 is 0 Å². The molecule has 0 aliphatic heterocycles. The van der Waals surface area contributed by atoms with E-state index in [2.05, 4.69) is 37.9 Å². The Bertz CT molecular complexity index is 501. The molecule has 1 nitrogen and oxygen atoms in total. The monoisotopic (exact) mass is 261 g/mol. The van der Waals surface area contributed by atoms with Crippen molar-refractivity contribution in [3.8, 4) is 0 Å². The summed E-state index contributed by atoms with van der Waals surface area (Å²) in [6, 6.07) is 4.62. The Morgan fingerprint density at radius 3 is 2.72 bits per heavy atom. The molecule has 0 fully saturated rings. The molecule has 0 N–H and O–H groups in total. The summed E-state index contributed by atoms with van der Waals surface area (Å²) < 4.78 is 1.35. The summed E-state index contributed by atoms with van der Waals surface area (Å²) in [5.41, 5.74) is 6.09. The highest BCUT2D eigenvalue weighted by atomic mass is 32.1. The maximum absolute atomic E-state index is 4.59. The smallest absolute Gasteiger partial charge is 0.0846 e. The largest absolute Gasteiger partial charge is 0.244 e. The molecule has 2 heteroatoms. The first-order valence-electron chi connectivity index (χ1n) is 7.10. The maximum Gasteiger partial charge on any atom is 0.0846 e. The van der Waals surface area contributed by atoms with Crippen LogP contribution in [0.1, 0.15) is 63.0 Å². The van der Waals surface area contributed by atoms with Gasteiger partial charge in [0.2, 0.25) is 0 Å². The van der Waals surface area contributed by atoms with E-state index >= 15 is 0 Å². The summed E-state index contributed by atoms with van der Waals surface area (Å²) in [5.74, 6) is 0.694. The number of hydrogen-bond donors (Lipinski definition) is 0. The third kappa shape index (κ3) is 2.92. The van der Waals surface area contributed by atoms with Crippen LogP contribution < -0.4 is 0 Å². The molecule has 2 rings (SSSR count). The molecule has 98 valence electrons. The van der Waals surface area contributed by atoms with Gasteiger partial charge in [0.1, 0.15) is 0 Å². The topological polar surface area (TPSA) is 12.9 Å². The molecular weight excluding hydrogens is 238 g/mol. The van der Waals surface area contributed by atoms with Crippen LogP contribution in [0.4, 0.5) is 0 Å². The second-order valence-electron chi connectivity index (χ2n) is 5.18. The van der Waals surface area contributed by atoms with Gasteiger partial charge in [0.15, 0.2) is 0 Å². The van der Waals surface area contributed by atoms with E-state index in [0.717, 1.165) is 0 Å². The minimum atomic E-state index is 0.694. The lowest BCUT2D eigenvalue weighted by Gasteiger charge is -2.17. The van der Waals surface area contributed by atoms with Gasteiger partial charge < -0.3 is 0 Å². The summed E-state index contributed by atoms with van der Waals surface area (Å²) in [5, 5.41) is 0. The molecule has 0 radical (unpaired) electrons. The number of aryl methyl sites for hydroxylation is 1. The first-order valence-corrected chi connectivity index (χ1v) is 7.98. The molecule has 0 aliphatic carbocycles. The Hall–Kier alpha value is -0.890. The van der Waals surface area contributed by atoms with Gasteiger partial charge in [-0.2, -0.15) is 0 Å². The van der Waals surface area contributed by atoms with Gasteiger partial charge in [-0.3, -0.25) is 0 Å². The van der Waals surface area contributed by atoms with Gasteiger partial charge in [0.05, 0.1) is 15.7 Å². The SMILES string of the molecule is CCCCC(CCC)c1cc(C)cc2scnc12. The quantitative estimate of drug-likeness (QED) is 0.652. The van der Waals surface area contributed by atoms with Crippen LogP contribution in [0.15, 0.2) is 17.6 Å². The fraction of sp³-hybridized carbons (Fsp3) is 0.562. The summed E-state index contributed by atoms with van der Waals surface area (Å²) >= 11 is 1.76. The van der Waals surface area contributed by atoms with Crippen LogP contribution in [0.5, 0.6) is 0 Å². The van der Waals surface area contributed by atoms with Gasteiger partial charge in [-0.25, -0.2) is 4.98 Å². The second-order valence-corrected chi connectivity index (χ2v) is 6.07. The Balaban J connectivity index is 2.38. The van der Waals surface area contributed by atoms with Crippen molar-refractivity contribution < 1.29 is 0 Å². The third-order valence-electron chi connectivity index (χ3n) is 3.59. The van der Waals surface area contributed by atoms with Crippen LogP contribution >= 0.6 is 11.3 Å². The van der Waals surface area contributed by atoms with Crippen LogP contribution in [0, 0.1) is 6.92 Å². The molecule has 0 spiro atoms. The molecule has 0 saturated carbocycles. The third-order valence-corrected chi connectivity index (χ3v) is 4.37. The zero-order valence-electron chi connectivity index (χ0n) is 11.7. The molecule has 2 aromatic rings. The van der Waals surface area contributed by atoms with Gasteiger partial charge in [-0.1, -0.05) is 39.2 Å². The van der Waals surface area contributed by atoms with Gasteiger partial charge in [-0.15, -0.1) is 11.3 Å². The van der Waals surface area contributed by atoms with Crippen LogP contribution in [0.3, 0.4) is 0 Å². The molecule has 1 aromatic carbocycles. The number of rotatable bonds is 6. The zero-order valence-corrected chi connectivity index (χ0v) is 12.5. The molecule has 1 aromatic heterocycles. The van der Waals surface area contributed by atoms with E-state index in [4.69, 9.17) is 0 Å². The lowest BCUT2D eigenvalue weighted by molar-refractivity contribution is 0.543. The summed E-state index contributed by atoms with van der Waals surface area (Å²) in [6.07, 6.45) is 6.46. The summed E-state index contributed by atoms with van der Waals surface area (Å²) in [4.78, 5) is 4.59. The number of nitrogens with zero attached hydrogens (tertiary/aromatic N) is 1. The lowest BCUT2D eigenvalue weighted by atomic mass is 9.88. The molecule has 1 atom stereocenters. The molecule has 0 saturated heterocycles. The highest BCUT2D eigenvalue weighted by Gasteiger charge is 2.15. The van der Waals surface area contributed by atoms with Crippen molar-refractivity contribution in [2.45, 2.75) is 58.8 Å². The molecule has 1 unspecified atom stereocenters. The maximum atomic E-state index is 4.59. The molecular formula is C16H23NS. The predicted octanol–water partition coefficient (Wildman–Crippen LogP) is 5.68. The molecule has 0 amide bonds. The van der Waals surface area contributed by atoms with Crippen molar-refractivity contribution in [3.63, 3.8) is 0 Å². The van der Waals surface area contributed by atoms with Gasteiger partial charge in [0, 0.05) is 0 Å². The van der Waals surface area contributed by atoms with Crippen molar-refractivity contribution in [1.29, 1.82) is 0 Å². The number of aromatic nitrogens is 1. The molecule has 1 heterocycles. The van der Waals surface area contributed by atoms with E-state index in [1.54, 1.807) is 11.3 Å². The first-order chi connectivity index (χ1) is 8.76. The van der Waals surface area contributed by atoms with Crippen molar-refractivity contribution >= 4 is 21.6 Å². The zero-order chi connectivity index (χ0) is 13.0. The van der Waals surface area contributed by atoms with Gasteiger partial charge in [-0.05, 0) is 42.9 Å². The highest BCUT2D eigenvalue weighted by molar-refractivity contribution is 7.16. The Morgan fingerprint density at radius 1 is 1.17 bits per heavy atom. The number of fused-ring (bicyclic) bond motifs is 1. The van der Waals surface area contributed by atoms with E-state index in [-0.39, 0.29) is 0 Å². The lowest BCUT2D eigenvalue weighted by Crippen LogP contribution is -2.00. The second kappa shape index (κ2) is 6.33. The Labute approximate surface area is 114 Å². The Morgan fingerprint density at radius 2 is 2.00 bits per heavy atom. The van der Waals surface area contributed by atoms with Crippen LogP contribution in [0.25, 0.3) is 10.2 Å². The van der Waals surface area contributed by atoms with Crippen molar-refractivity contribution in [2.24, 2.45) is 0 Å². The molecule has 18 heavy (non-hydrogen) atoms. The first kappa shape index (κ1) is 13.5. The van der Waals surface area contributed by atoms with E-state index in [0.29, 0.717) is 5.92 Å². The van der Waals surface area contributed by atoms with E-state index < -0.39 is 0 Å². The van der Waals surface area contributed by atoms with Crippen molar-refractivity contribution in [1.82, 2.24) is 4.98 Å². The van der Waals surface area contributed by atoms with Gasteiger partial charge in [0.25, 0.3) is 0 Å². The van der Waals surface area contributed by atoms with E-state index in [9.17, 15) is 0 Å². The molecule has 0 bridgehead atoms. The number of thiazole rings is 1. The van der Waals surface area contributed by atoms with Crippen molar-refractivity contribution in [2.75, 3.05) is 0 Å². The minimum Gasteiger partial charge on any atom is -0.244 e. The number of benzene rings is 1. The predicted molar refractivity (Wildman–Crippen MR) is 81.5 cm³/mol. The van der Waals surface area contributed by atoms with Crippen molar-refractivity contribution in [3.05, 3.63) is 28.8 Å². The van der Waals surface area contributed by atoms with E-state index in [1.807, 2.05) is 5.51 Å². The fourth-order valence-electron chi connectivity index (χ4n) is 2.70. The average Bonchev–Trinajstić information content (AvgIpc) is 2.81. The summed E-state index contributed by atoms with van der Waals surface area (Å²) in [7, 11) is 0. The van der Waals surface area contributed by atoms with Crippen LogP contribution in [-0.2, 0) is 0 Å². The fourth-order valence-corrected chi connectivity index (χ4v) is 3.51. The standard InChI is InChI=1S/C16H23NS/c1-4-6-8-13(7-5-2)14-9-12(3)10-15-16(14)17-11-18-15/h9-11,13H,4-8H2,1-3H3. The summed E-state index contributed by atoms with van der Waals surface area (Å²) in [6.45, 7) is 6.76. The average molecular weight is 261 g/mol. The Kier molecular flexibility index (Phi) is 4.76. The normalized spacial score (nSPS) is 13.1. The molecule has 0 aliphatic rings. The minimum absolute atomic E-state index is 0.694. The number of unbranched alkanes of at least 4 members (excludes halogenated alkanes) is 1.